The molecule has 0 N–H and O–H groups in total. The minimum atomic E-state index is 0.0143. The maximum atomic E-state index is 11.8. The van der Waals surface area contributed by atoms with Crippen LogP contribution in [-0.4, -0.2) is 37.3 Å². The summed E-state index contributed by atoms with van der Waals surface area (Å²) < 4.78 is 7.14. The zero-order valence-electron chi connectivity index (χ0n) is 13.0. The van der Waals surface area contributed by atoms with E-state index in [1.165, 1.54) is 32.1 Å². The first-order valence-electron chi connectivity index (χ1n) is 7.85. The highest BCUT2D eigenvalue weighted by Gasteiger charge is 2.14. The van der Waals surface area contributed by atoms with Gasteiger partial charge in [-0.15, -0.1) is 0 Å². The zero-order valence-corrected chi connectivity index (χ0v) is 13.0. The summed E-state index contributed by atoms with van der Waals surface area (Å²) in [6.45, 7) is 2.33. The average molecular weight is 298 g/mol. The summed E-state index contributed by atoms with van der Waals surface area (Å²) in [7, 11) is 1.54. The Bertz CT molecular complexity index is 625. The van der Waals surface area contributed by atoms with Gasteiger partial charge in [0.05, 0.1) is 5.69 Å². The molecular weight excluding hydrogens is 276 g/mol. The molecule has 0 unspecified atom stereocenters. The van der Waals surface area contributed by atoms with Crippen molar-refractivity contribution in [2.45, 2.75) is 19.3 Å². The van der Waals surface area contributed by atoms with Gasteiger partial charge in [-0.3, -0.25) is 9.47 Å². The van der Waals surface area contributed by atoms with Crippen molar-refractivity contribution in [1.82, 2.24) is 4.68 Å². The van der Waals surface area contributed by atoms with Gasteiger partial charge in [0.1, 0.15) is 6.61 Å². The third-order valence-electron chi connectivity index (χ3n) is 4.14. The van der Waals surface area contributed by atoms with Crippen molar-refractivity contribution in [1.29, 1.82) is 0 Å². The molecule has 3 rings (SSSR count). The fourth-order valence-electron chi connectivity index (χ4n) is 2.98. The zero-order chi connectivity index (χ0) is 15.4. The minimum absolute atomic E-state index is 0.0143. The average Bonchev–Trinajstić information content (AvgIpc) is 3.06. The Kier molecular flexibility index (Phi) is 4.59. The second-order valence-electron chi connectivity index (χ2n) is 5.69. The third kappa shape index (κ3) is 3.07. The molecule has 0 spiro atoms. The van der Waals surface area contributed by atoms with Crippen molar-refractivity contribution in [3.05, 3.63) is 48.2 Å². The van der Waals surface area contributed by atoms with Gasteiger partial charge in [-0.05, 0) is 31.4 Å². The van der Waals surface area contributed by atoms with Crippen LogP contribution in [0.2, 0.25) is 0 Å². The van der Waals surface area contributed by atoms with Crippen LogP contribution in [0.4, 0.5) is 0 Å². The van der Waals surface area contributed by atoms with Crippen molar-refractivity contribution in [3.8, 4) is 11.3 Å². The molecule has 2 heterocycles. The molecule has 1 aliphatic rings. The lowest BCUT2D eigenvalue weighted by atomic mass is 10.1. The van der Waals surface area contributed by atoms with E-state index in [2.05, 4.69) is 28.0 Å². The van der Waals surface area contributed by atoms with E-state index >= 15 is 0 Å². The lowest BCUT2D eigenvalue weighted by Crippen LogP contribution is -2.38. The molecule has 0 atom stereocenters. The predicted molar refractivity (Wildman–Crippen MR) is 87.9 cm³/mol. The number of benzene rings is 1. The first-order valence-corrected chi connectivity index (χ1v) is 7.85. The number of carbonyl (C=O) groups is 1. The first-order chi connectivity index (χ1) is 10.8. The summed E-state index contributed by atoms with van der Waals surface area (Å²) in [5.41, 5.74) is 3.00. The van der Waals surface area contributed by atoms with E-state index in [1.807, 2.05) is 24.3 Å². The number of ether oxygens (including phenoxy) is 1. The van der Waals surface area contributed by atoms with Gasteiger partial charge in [-0.25, -0.2) is 0 Å². The van der Waals surface area contributed by atoms with Crippen molar-refractivity contribution in [2.24, 2.45) is 0 Å². The number of hydrogen-bond acceptors (Lipinski definition) is 3. The number of methoxy groups -OCH3 is 1. The number of hydrogen-bond donors (Lipinski definition) is 0. The lowest BCUT2D eigenvalue weighted by molar-refractivity contribution is 0.0848. The number of piperidine rings is 1. The second kappa shape index (κ2) is 6.79. The molecule has 1 aliphatic heterocycles. The molecule has 116 valence electrons. The van der Waals surface area contributed by atoms with E-state index < -0.39 is 0 Å². The van der Waals surface area contributed by atoms with Gasteiger partial charge in [0.2, 0.25) is 0 Å². The summed E-state index contributed by atoms with van der Waals surface area (Å²) in [5.74, 6) is 0.0143. The molecule has 1 aromatic carbocycles. The molecule has 0 saturated carbocycles. The molecule has 0 bridgehead atoms. The Hall–Kier alpha value is -2.07. The first kappa shape index (κ1) is 14.9. The van der Waals surface area contributed by atoms with Gasteiger partial charge in [-0.2, -0.15) is 0 Å². The molecule has 4 heteroatoms. The molecule has 0 aliphatic carbocycles. The number of rotatable bonds is 5. The maximum absolute atomic E-state index is 11.8. The molecule has 22 heavy (non-hydrogen) atoms. The fourth-order valence-corrected chi connectivity index (χ4v) is 2.98. The van der Waals surface area contributed by atoms with Crippen LogP contribution in [0, 0.1) is 0 Å². The van der Waals surface area contributed by atoms with E-state index in [9.17, 15) is 4.79 Å². The number of Topliss-reactive ketones (excluding diaryl/α,β-unsaturated/α-hetero) is 1. The van der Waals surface area contributed by atoms with Gasteiger partial charge >= 0.3 is 0 Å². The fraction of sp³-hybridized carbons (Fsp3) is 0.389. The van der Waals surface area contributed by atoms with Crippen molar-refractivity contribution in [3.63, 3.8) is 0 Å². The maximum Gasteiger partial charge on any atom is 0.188 e. The number of carbonyl (C=O) groups excluding carboxylic acids is 1. The summed E-state index contributed by atoms with van der Waals surface area (Å²) in [4.78, 5) is 11.8. The van der Waals surface area contributed by atoms with Crippen molar-refractivity contribution >= 4 is 5.78 Å². The number of nitrogens with zero attached hydrogens (tertiary/aromatic N) is 2. The molecule has 1 aromatic heterocycles. The van der Waals surface area contributed by atoms with Gasteiger partial charge < -0.3 is 9.75 Å². The normalized spacial score (nSPS) is 15.0. The molecule has 1 saturated heterocycles. The van der Waals surface area contributed by atoms with Crippen LogP contribution in [0.25, 0.3) is 11.3 Å². The van der Waals surface area contributed by atoms with Crippen LogP contribution in [0.5, 0.6) is 0 Å². The topological polar surface area (TPSA) is 34.5 Å². The summed E-state index contributed by atoms with van der Waals surface area (Å²) in [6, 6.07) is 12.0. The molecule has 1 fully saturated rings. The smallest absolute Gasteiger partial charge is 0.188 e. The highest BCUT2D eigenvalue weighted by Crippen LogP contribution is 2.22. The summed E-state index contributed by atoms with van der Waals surface area (Å²) in [5, 5.41) is 2.39. The van der Waals surface area contributed by atoms with E-state index in [0.717, 1.165) is 18.7 Å². The quantitative estimate of drug-likeness (QED) is 0.796. The Balaban J connectivity index is 1.82. The van der Waals surface area contributed by atoms with Gasteiger partial charge in [-0.1, -0.05) is 24.3 Å². The van der Waals surface area contributed by atoms with Crippen LogP contribution in [0.1, 0.15) is 29.6 Å². The number of aromatic nitrogens is 1. The highest BCUT2D eigenvalue weighted by atomic mass is 16.5. The van der Waals surface area contributed by atoms with E-state index in [-0.39, 0.29) is 12.4 Å². The Morgan fingerprint density at radius 3 is 2.50 bits per heavy atom. The van der Waals surface area contributed by atoms with E-state index in [4.69, 9.17) is 4.74 Å². The summed E-state index contributed by atoms with van der Waals surface area (Å²) in [6.07, 6.45) is 5.94. The molecule has 0 radical (unpaired) electrons. The molecule has 0 amide bonds. The van der Waals surface area contributed by atoms with Crippen LogP contribution in [0.15, 0.2) is 42.6 Å². The van der Waals surface area contributed by atoms with Gasteiger partial charge in [0.15, 0.2) is 5.78 Å². The second-order valence-corrected chi connectivity index (χ2v) is 5.69. The number of ketones is 1. The van der Waals surface area contributed by atoms with Gasteiger partial charge in [0.25, 0.3) is 0 Å². The van der Waals surface area contributed by atoms with E-state index in [1.54, 1.807) is 0 Å². The van der Waals surface area contributed by atoms with Crippen LogP contribution >= 0.6 is 0 Å². The SMILES string of the molecule is COCC(=O)c1ccc(-c2cccn2N2CCCCC2)cc1. The molecule has 2 aromatic rings. The Morgan fingerprint density at radius 1 is 1.09 bits per heavy atom. The standard InChI is InChI=1S/C18H22N2O2/c1-22-14-18(21)16-9-7-15(8-10-16)17-6-5-13-20(17)19-11-3-2-4-12-19/h5-10,13H,2-4,11-12,14H2,1H3. The van der Waals surface area contributed by atoms with Crippen LogP contribution in [-0.2, 0) is 4.74 Å². The Labute approximate surface area is 131 Å². The lowest BCUT2D eigenvalue weighted by Gasteiger charge is -2.31. The third-order valence-corrected chi connectivity index (χ3v) is 4.14. The van der Waals surface area contributed by atoms with Crippen molar-refractivity contribution in [2.75, 3.05) is 31.8 Å². The Morgan fingerprint density at radius 2 is 1.82 bits per heavy atom. The highest BCUT2D eigenvalue weighted by molar-refractivity contribution is 5.97. The van der Waals surface area contributed by atoms with Gasteiger partial charge in [0, 0.05) is 37.5 Å². The summed E-state index contributed by atoms with van der Waals surface area (Å²) >= 11 is 0. The van der Waals surface area contributed by atoms with Crippen molar-refractivity contribution < 1.29 is 9.53 Å². The van der Waals surface area contributed by atoms with Crippen LogP contribution in [0.3, 0.4) is 0 Å². The monoisotopic (exact) mass is 298 g/mol. The molecule has 4 nitrogen and oxygen atoms in total. The minimum Gasteiger partial charge on any atom is -0.377 e. The largest absolute Gasteiger partial charge is 0.377 e. The van der Waals surface area contributed by atoms with Crippen LogP contribution < -0.4 is 5.01 Å². The van der Waals surface area contributed by atoms with E-state index in [0.29, 0.717) is 5.56 Å². The molecular formula is C18H22N2O2. The predicted octanol–water partition coefficient (Wildman–Crippen LogP) is 3.11.